The molecule has 0 aliphatic carbocycles. The van der Waals surface area contributed by atoms with Gasteiger partial charge in [0.15, 0.2) is 0 Å². The molecule has 3 rings (SSSR count). The van der Waals surface area contributed by atoms with Crippen molar-refractivity contribution in [2.75, 3.05) is 17.7 Å². The molecule has 0 unspecified atom stereocenters. The molecule has 1 aromatic heterocycles. The topological polar surface area (TPSA) is 94.3 Å². The maximum Gasteiger partial charge on any atom is 0.342 e. The third-order valence-electron chi connectivity index (χ3n) is 4.84. The minimum absolute atomic E-state index is 0.255. The van der Waals surface area contributed by atoms with E-state index in [1.807, 2.05) is 38.1 Å². The number of ether oxygens (including phenoxy) is 1. The molecule has 31 heavy (non-hydrogen) atoms. The summed E-state index contributed by atoms with van der Waals surface area (Å²) in [6, 6.07) is 13.2. The molecule has 3 aromatic rings. The summed E-state index contributed by atoms with van der Waals surface area (Å²) < 4.78 is 5.18. The molecule has 1 amide bonds. The molecule has 0 saturated carbocycles. The molecular formula is C25H27N3O3. The van der Waals surface area contributed by atoms with Crippen LogP contribution in [0.1, 0.15) is 47.4 Å². The zero-order valence-electron chi connectivity index (χ0n) is 18.1. The summed E-state index contributed by atoms with van der Waals surface area (Å²) >= 11 is 0. The highest BCUT2D eigenvalue weighted by Gasteiger charge is 2.20. The van der Waals surface area contributed by atoms with Crippen molar-refractivity contribution in [3.63, 3.8) is 0 Å². The predicted octanol–water partition coefficient (Wildman–Crippen LogP) is 4.91. The van der Waals surface area contributed by atoms with Crippen molar-refractivity contribution in [2.24, 2.45) is 0 Å². The molecule has 0 atom stereocenters. The van der Waals surface area contributed by atoms with Crippen LogP contribution in [0.5, 0.6) is 0 Å². The minimum Gasteiger partial charge on any atom is -0.462 e. The Bertz CT molecular complexity index is 1130. The smallest absolute Gasteiger partial charge is 0.342 e. The summed E-state index contributed by atoms with van der Waals surface area (Å²) in [5.41, 5.74) is 10.9. The fourth-order valence-corrected chi connectivity index (χ4v) is 3.30. The lowest BCUT2D eigenvalue weighted by Gasteiger charge is -2.14. The van der Waals surface area contributed by atoms with Crippen LogP contribution in [0.25, 0.3) is 17.0 Å². The van der Waals surface area contributed by atoms with Gasteiger partial charge in [-0.25, -0.2) is 4.79 Å². The number of benzene rings is 2. The predicted molar refractivity (Wildman–Crippen MR) is 125 cm³/mol. The highest BCUT2D eigenvalue weighted by molar-refractivity contribution is 6.07. The van der Waals surface area contributed by atoms with E-state index in [1.54, 1.807) is 31.2 Å². The molecule has 0 bridgehead atoms. The van der Waals surface area contributed by atoms with Gasteiger partial charge in [0, 0.05) is 17.1 Å². The zero-order valence-corrected chi connectivity index (χ0v) is 18.1. The Labute approximate surface area is 182 Å². The third-order valence-corrected chi connectivity index (χ3v) is 4.84. The molecule has 0 radical (unpaired) electrons. The van der Waals surface area contributed by atoms with Crippen LogP contribution >= 0.6 is 0 Å². The number of nitrogen functional groups attached to an aromatic ring is 1. The van der Waals surface area contributed by atoms with Crippen LogP contribution in [0.15, 0.2) is 48.5 Å². The van der Waals surface area contributed by atoms with Gasteiger partial charge in [-0.2, -0.15) is 0 Å². The first-order valence-electron chi connectivity index (χ1n) is 10.4. The number of hydrogen-bond donors (Lipinski definition) is 2. The van der Waals surface area contributed by atoms with Crippen LogP contribution in [0, 0.1) is 6.92 Å². The van der Waals surface area contributed by atoms with Gasteiger partial charge in [-0.15, -0.1) is 0 Å². The first kappa shape index (κ1) is 22.0. The number of amides is 1. The van der Waals surface area contributed by atoms with Gasteiger partial charge in [0.2, 0.25) is 5.91 Å². The Kier molecular flexibility index (Phi) is 7.03. The summed E-state index contributed by atoms with van der Waals surface area (Å²) in [6.07, 6.45) is 4.68. The first-order chi connectivity index (χ1) is 14.9. The molecule has 0 spiro atoms. The first-order valence-corrected chi connectivity index (χ1v) is 10.4. The monoisotopic (exact) mass is 417 g/mol. The number of nitrogens with zero attached hydrogens (tertiary/aromatic N) is 1. The van der Waals surface area contributed by atoms with Crippen molar-refractivity contribution in [3.05, 3.63) is 70.9 Å². The standard InChI is InChI=1S/C25H27N3O3/c1-4-6-21-23(25(30)31-5-2)24(26)19-15-18(12-13-20(19)28-21)27-22(29)14-11-17-9-7-16(3)8-10-17/h7-15H,4-6H2,1-3H3,(H2,26,28)(H,27,29)/b14-11+. The number of nitrogens with one attached hydrogen (secondary N) is 1. The molecule has 1 heterocycles. The molecule has 0 saturated heterocycles. The number of aromatic nitrogens is 1. The van der Waals surface area contributed by atoms with E-state index in [-0.39, 0.29) is 12.5 Å². The maximum atomic E-state index is 12.5. The molecule has 160 valence electrons. The van der Waals surface area contributed by atoms with Crippen LogP contribution in [0.3, 0.4) is 0 Å². The summed E-state index contributed by atoms with van der Waals surface area (Å²) in [5.74, 6) is -0.743. The van der Waals surface area contributed by atoms with E-state index in [0.717, 1.165) is 17.5 Å². The number of fused-ring (bicyclic) bond motifs is 1. The Morgan fingerprint density at radius 2 is 1.87 bits per heavy atom. The molecule has 0 fully saturated rings. The quantitative estimate of drug-likeness (QED) is 0.421. The van der Waals surface area contributed by atoms with Crippen molar-refractivity contribution in [1.29, 1.82) is 0 Å². The second kappa shape index (κ2) is 9.89. The fraction of sp³-hybridized carbons (Fsp3) is 0.240. The number of hydrogen-bond acceptors (Lipinski definition) is 5. The summed E-state index contributed by atoms with van der Waals surface area (Å²) in [7, 11) is 0. The average molecular weight is 418 g/mol. The van der Waals surface area contributed by atoms with Gasteiger partial charge in [0.1, 0.15) is 5.56 Å². The van der Waals surface area contributed by atoms with Gasteiger partial charge in [-0.05, 0) is 50.1 Å². The SMILES string of the molecule is CCCc1nc2ccc(NC(=O)/C=C/c3ccc(C)cc3)cc2c(N)c1C(=O)OCC. The van der Waals surface area contributed by atoms with E-state index in [2.05, 4.69) is 10.3 Å². The van der Waals surface area contributed by atoms with Crippen LogP contribution in [-0.4, -0.2) is 23.5 Å². The highest BCUT2D eigenvalue weighted by Crippen LogP contribution is 2.29. The van der Waals surface area contributed by atoms with Crippen LogP contribution in [0.2, 0.25) is 0 Å². The van der Waals surface area contributed by atoms with Gasteiger partial charge < -0.3 is 15.8 Å². The average Bonchev–Trinajstić information content (AvgIpc) is 2.74. The normalized spacial score (nSPS) is 11.1. The lowest BCUT2D eigenvalue weighted by Crippen LogP contribution is -2.14. The van der Waals surface area contributed by atoms with Crippen LogP contribution in [-0.2, 0) is 16.0 Å². The van der Waals surface area contributed by atoms with E-state index in [4.69, 9.17) is 10.5 Å². The Morgan fingerprint density at radius 1 is 1.13 bits per heavy atom. The minimum atomic E-state index is -0.478. The number of pyridine rings is 1. The number of anilines is 2. The van der Waals surface area contributed by atoms with E-state index >= 15 is 0 Å². The molecule has 0 aliphatic heterocycles. The van der Waals surface area contributed by atoms with E-state index in [9.17, 15) is 9.59 Å². The zero-order chi connectivity index (χ0) is 22.4. The fourth-order valence-electron chi connectivity index (χ4n) is 3.30. The molecule has 6 nitrogen and oxygen atoms in total. The van der Waals surface area contributed by atoms with Crippen molar-refractivity contribution in [3.8, 4) is 0 Å². The number of carbonyl (C=O) groups excluding carboxylic acids is 2. The lowest BCUT2D eigenvalue weighted by molar-refractivity contribution is -0.111. The Morgan fingerprint density at radius 3 is 2.55 bits per heavy atom. The van der Waals surface area contributed by atoms with Crippen molar-refractivity contribution in [1.82, 2.24) is 4.98 Å². The second-order valence-corrected chi connectivity index (χ2v) is 7.28. The van der Waals surface area contributed by atoms with Gasteiger partial charge in [0.25, 0.3) is 0 Å². The molecule has 2 aromatic carbocycles. The Balaban J connectivity index is 1.89. The second-order valence-electron chi connectivity index (χ2n) is 7.28. The number of aryl methyl sites for hydroxylation is 2. The summed E-state index contributed by atoms with van der Waals surface area (Å²) in [6.45, 7) is 6.03. The highest BCUT2D eigenvalue weighted by atomic mass is 16.5. The maximum absolute atomic E-state index is 12.5. The third kappa shape index (κ3) is 5.28. The van der Waals surface area contributed by atoms with Gasteiger partial charge in [-0.1, -0.05) is 43.2 Å². The molecular weight excluding hydrogens is 390 g/mol. The molecule has 3 N–H and O–H groups in total. The largest absolute Gasteiger partial charge is 0.462 e. The Hall–Kier alpha value is -3.67. The number of esters is 1. The van der Waals surface area contributed by atoms with E-state index in [1.165, 1.54) is 6.08 Å². The van der Waals surface area contributed by atoms with Crippen molar-refractivity contribution >= 4 is 40.2 Å². The number of rotatable bonds is 7. The number of carbonyl (C=O) groups is 2. The lowest BCUT2D eigenvalue weighted by atomic mass is 10.0. The van der Waals surface area contributed by atoms with Gasteiger partial charge in [-0.3, -0.25) is 9.78 Å². The van der Waals surface area contributed by atoms with E-state index < -0.39 is 5.97 Å². The van der Waals surface area contributed by atoms with Crippen LogP contribution in [0.4, 0.5) is 11.4 Å². The van der Waals surface area contributed by atoms with Crippen molar-refractivity contribution < 1.29 is 14.3 Å². The molecule has 6 heteroatoms. The number of nitrogens with two attached hydrogens (primary N) is 1. The van der Waals surface area contributed by atoms with Crippen LogP contribution < -0.4 is 11.1 Å². The van der Waals surface area contributed by atoms with Gasteiger partial charge >= 0.3 is 5.97 Å². The molecule has 0 aliphatic rings. The van der Waals surface area contributed by atoms with E-state index in [0.29, 0.717) is 40.0 Å². The summed E-state index contributed by atoms with van der Waals surface area (Å²) in [4.78, 5) is 29.5. The van der Waals surface area contributed by atoms with Gasteiger partial charge in [0.05, 0.1) is 23.5 Å². The van der Waals surface area contributed by atoms with Crippen molar-refractivity contribution in [2.45, 2.75) is 33.6 Å². The summed E-state index contributed by atoms with van der Waals surface area (Å²) in [5, 5.41) is 3.43.